The molecule has 25 heavy (non-hydrogen) atoms. The molecule has 0 radical (unpaired) electrons. The number of hydrogen-bond acceptors (Lipinski definition) is 3. The minimum atomic E-state index is -2.66. The zero-order valence-electron chi connectivity index (χ0n) is 13.7. The van der Waals surface area contributed by atoms with Crippen LogP contribution in [0.4, 0.5) is 8.78 Å². The minimum Gasteiger partial charge on any atom is -0.489 e. The molecule has 6 heteroatoms. The van der Waals surface area contributed by atoms with Crippen LogP contribution in [0, 0.1) is 0 Å². The summed E-state index contributed by atoms with van der Waals surface area (Å²) in [5.74, 6) is -1.97. The Morgan fingerprint density at radius 3 is 2.44 bits per heavy atom. The summed E-state index contributed by atoms with van der Waals surface area (Å²) >= 11 is 0. The molecule has 4 nitrogen and oxygen atoms in total. The van der Waals surface area contributed by atoms with Gasteiger partial charge in [-0.15, -0.1) is 0 Å². The first kappa shape index (κ1) is 15.7. The van der Waals surface area contributed by atoms with Crippen LogP contribution in [-0.4, -0.2) is 20.7 Å². The van der Waals surface area contributed by atoms with Crippen molar-refractivity contribution in [3.8, 4) is 17.1 Å². The van der Waals surface area contributed by atoms with Crippen molar-refractivity contribution in [1.29, 1.82) is 0 Å². The van der Waals surface area contributed by atoms with Gasteiger partial charge in [0.2, 0.25) is 0 Å². The van der Waals surface area contributed by atoms with Gasteiger partial charge in [-0.3, -0.25) is 0 Å². The molecule has 0 N–H and O–H groups in total. The third-order valence-corrected chi connectivity index (χ3v) is 4.28. The molecule has 1 saturated carbocycles. The standard InChI is InChI=1S/C19H17F2N3O/c1-24-18(22-17(23-24)16-11-19(16,20)21)14-7-9-15(10-8-14)25-12-13-5-3-2-4-6-13/h2-10,16H,11-12H2,1H3. The van der Waals surface area contributed by atoms with Gasteiger partial charge in [-0.1, -0.05) is 30.3 Å². The highest BCUT2D eigenvalue weighted by molar-refractivity contribution is 5.56. The molecule has 0 amide bonds. The Labute approximate surface area is 144 Å². The zero-order chi connectivity index (χ0) is 17.4. The fraction of sp³-hybridized carbons (Fsp3) is 0.263. The van der Waals surface area contributed by atoms with Crippen molar-refractivity contribution in [3.05, 3.63) is 66.0 Å². The number of benzene rings is 2. The summed E-state index contributed by atoms with van der Waals surface area (Å²) in [5.41, 5.74) is 1.91. The fourth-order valence-corrected chi connectivity index (χ4v) is 2.74. The summed E-state index contributed by atoms with van der Waals surface area (Å²) in [6.07, 6.45) is -0.164. The predicted molar refractivity (Wildman–Crippen MR) is 89.5 cm³/mol. The van der Waals surface area contributed by atoms with Crippen LogP contribution in [0.5, 0.6) is 5.75 Å². The lowest BCUT2D eigenvalue weighted by Crippen LogP contribution is -1.97. The largest absolute Gasteiger partial charge is 0.489 e. The summed E-state index contributed by atoms with van der Waals surface area (Å²) < 4.78 is 33.7. The highest BCUT2D eigenvalue weighted by Gasteiger charge is 2.60. The number of aryl methyl sites for hydroxylation is 1. The summed E-state index contributed by atoms with van der Waals surface area (Å²) in [7, 11) is 1.71. The van der Waals surface area contributed by atoms with E-state index >= 15 is 0 Å². The second-order valence-electron chi connectivity index (χ2n) is 6.23. The molecule has 1 aliphatic rings. The number of alkyl halides is 2. The smallest absolute Gasteiger partial charge is 0.259 e. The van der Waals surface area contributed by atoms with Crippen molar-refractivity contribution in [2.75, 3.05) is 0 Å². The van der Waals surface area contributed by atoms with E-state index in [1.54, 1.807) is 11.7 Å². The Bertz CT molecular complexity index is 875. The van der Waals surface area contributed by atoms with E-state index in [9.17, 15) is 8.78 Å². The normalized spacial score (nSPS) is 18.1. The Hall–Kier alpha value is -2.76. The number of aromatic nitrogens is 3. The number of halogens is 2. The highest BCUT2D eigenvalue weighted by atomic mass is 19.3. The predicted octanol–water partition coefficient (Wildman–Crippen LogP) is 4.18. The maximum atomic E-state index is 13.2. The summed E-state index contributed by atoms with van der Waals surface area (Å²) in [5, 5.41) is 4.14. The van der Waals surface area contributed by atoms with E-state index in [0.717, 1.165) is 16.9 Å². The maximum absolute atomic E-state index is 13.2. The Morgan fingerprint density at radius 2 is 1.80 bits per heavy atom. The van der Waals surface area contributed by atoms with Gasteiger partial charge in [-0.2, -0.15) is 5.10 Å². The third-order valence-electron chi connectivity index (χ3n) is 4.28. The molecule has 1 heterocycles. The van der Waals surface area contributed by atoms with Crippen LogP contribution >= 0.6 is 0 Å². The molecule has 4 rings (SSSR count). The molecular weight excluding hydrogens is 324 g/mol. The SMILES string of the molecule is Cn1nc(C2CC2(F)F)nc1-c1ccc(OCc2ccccc2)cc1. The van der Waals surface area contributed by atoms with E-state index in [0.29, 0.717) is 12.4 Å². The van der Waals surface area contributed by atoms with E-state index in [1.807, 2.05) is 54.6 Å². The molecule has 1 unspecified atom stereocenters. The number of rotatable bonds is 5. The molecule has 1 aromatic heterocycles. The average molecular weight is 341 g/mol. The first-order valence-corrected chi connectivity index (χ1v) is 8.09. The van der Waals surface area contributed by atoms with Gasteiger partial charge in [0.25, 0.3) is 5.92 Å². The van der Waals surface area contributed by atoms with E-state index in [2.05, 4.69) is 10.1 Å². The van der Waals surface area contributed by atoms with E-state index in [4.69, 9.17) is 4.74 Å². The molecule has 0 saturated heterocycles. The van der Waals surface area contributed by atoms with Gasteiger partial charge < -0.3 is 4.74 Å². The minimum absolute atomic E-state index is 0.164. The van der Waals surface area contributed by atoms with Crippen molar-refractivity contribution < 1.29 is 13.5 Å². The van der Waals surface area contributed by atoms with Crippen molar-refractivity contribution in [1.82, 2.24) is 14.8 Å². The number of nitrogens with zero attached hydrogens (tertiary/aromatic N) is 3. The van der Waals surface area contributed by atoms with Crippen molar-refractivity contribution in [2.24, 2.45) is 7.05 Å². The van der Waals surface area contributed by atoms with E-state index in [1.165, 1.54) is 0 Å². The third kappa shape index (κ3) is 3.24. The Balaban J connectivity index is 1.47. The molecule has 0 bridgehead atoms. The second-order valence-corrected chi connectivity index (χ2v) is 6.23. The molecule has 128 valence electrons. The highest BCUT2D eigenvalue weighted by Crippen LogP contribution is 2.54. The van der Waals surface area contributed by atoms with E-state index in [-0.39, 0.29) is 12.2 Å². The first-order chi connectivity index (χ1) is 12.0. The lowest BCUT2D eigenvalue weighted by Gasteiger charge is -2.07. The van der Waals surface area contributed by atoms with Crippen LogP contribution in [0.1, 0.15) is 23.7 Å². The van der Waals surface area contributed by atoms with E-state index < -0.39 is 11.8 Å². The van der Waals surface area contributed by atoms with Crippen LogP contribution in [0.25, 0.3) is 11.4 Å². The monoisotopic (exact) mass is 341 g/mol. The van der Waals surface area contributed by atoms with Crippen LogP contribution in [-0.2, 0) is 13.7 Å². The van der Waals surface area contributed by atoms with Crippen LogP contribution in [0.3, 0.4) is 0 Å². The molecule has 1 atom stereocenters. The average Bonchev–Trinajstić information content (AvgIpc) is 3.08. The summed E-state index contributed by atoms with van der Waals surface area (Å²) in [4.78, 5) is 4.29. The van der Waals surface area contributed by atoms with Gasteiger partial charge in [0, 0.05) is 19.0 Å². The molecule has 3 aromatic rings. The topological polar surface area (TPSA) is 39.9 Å². The van der Waals surface area contributed by atoms with Crippen LogP contribution in [0.2, 0.25) is 0 Å². The molecule has 2 aromatic carbocycles. The van der Waals surface area contributed by atoms with Crippen molar-refractivity contribution in [2.45, 2.75) is 24.9 Å². The van der Waals surface area contributed by atoms with Crippen molar-refractivity contribution in [3.63, 3.8) is 0 Å². The van der Waals surface area contributed by atoms with Gasteiger partial charge in [0.05, 0.1) is 5.92 Å². The van der Waals surface area contributed by atoms with Crippen LogP contribution < -0.4 is 4.74 Å². The first-order valence-electron chi connectivity index (χ1n) is 8.09. The molecule has 1 aliphatic carbocycles. The van der Waals surface area contributed by atoms with Gasteiger partial charge in [0.15, 0.2) is 11.6 Å². The van der Waals surface area contributed by atoms with Gasteiger partial charge in [-0.05, 0) is 29.8 Å². The Morgan fingerprint density at radius 1 is 1.12 bits per heavy atom. The lowest BCUT2D eigenvalue weighted by atomic mass is 10.2. The number of ether oxygens (including phenoxy) is 1. The fourth-order valence-electron chi connectivity index (χ4n) is 2.74. The van der Waals surface area contributed by atoms with Crippen molar-refractivity contribution >= 4 is 0 Å². The van der Waals surface area contributed by atoms with Gasteiger partial charge in [-0.25, -0.2) is 18.4 Å². The molecule has 0 aliphatic heterocycles. The van der Waals surface area contributed by atoms with Gasteiger partial charge >= 0.3 is 0 Å². The number of hydrogen-bond donors (Lipinski definition) is 0. The quantitative estimate of drug-likeness (QED) is 0.699. The second kappa shape index (κ2) is 5.95. The van der Waals surface area contributed by atoms with Crippen LogP contribution in [0.15, 0.2) is 54.6 Å². The van der Waals surface area contributed by atoms with Gasteiger partial charge in [0.1, 0.15) is 12.4 Å². The Kier molecular flexibility index (Phi) is 3.75. The zero-order valence-corrected chi connectivity index (χ0v) is 13.7. The molecule has 0 spiro atoms. The maximum Gasteiger partial charge on any atom is 0.259 e. The lowest BCUT2D eigenvalue weighted by molar-refractivity contribution is 0.111. The summed E-state index contributed by atoms with van der Waals surface area (Å²) in [6.45, 7) is 0.491. The molecule has 1 fully saturated rings. The molecular formula is C19H17F2N3O. The summed E-state index contributed by atoms with van der Waals surface area (Å²) in [6, 6.07) is 17.3.